The predicted octanol–water partition coefficient (Wildman–Crippen LogP) is 1.89. The molecule has 1 aromatic carbocycles. The zero-order valence-electron chi connectivity index (χ0n) is 10.9. The van der Waals surface area contributed by atoms with Crippen LogP contribution in [0.3, 0.4) is 0 Å². The van der Waals surface area contributed by atoms with E-state index in [1.54, 1.807) is 6.26 Å². The Kier molecular flexibility index (Phi) is 3.09. The smallest absolute Gasteiger partial charge is 0.152 e. The summed E-state index contributed by atoms with van der Waals surface area (Å²) in [5.41, 5.74) is 8.99. The van der Waals surface area contributed by atoms with Gasteiger partial charge in [0.2, 0.25) is 0 Å². The van der Waals surface area contributed by atoms with Crippen molar-refractivity contribution in [3.05, 3.63) is 54.0 Å². The van der Waals surface area contributed by atoms with Crippen molar-refractivity contribution in [2.24, 2.45) is 10.7 Å². The SMILES string of the molecule is CN1c2ccccc2C(c2ccco2)=NCC1CN. The summed E-state index contributed by atoms with van der Waals surface area (Å²) in [6.07, 6.45) is 1.68. The van der Waals surface area contributed by atoms with Crippen LogP contribution < -0.4 is 10.6 Å². The molecule has 2 aromatic rings. The van der Waals surface area contributed by atoms with E-state index in [-0.39, 0.29) is 6.04 Å². The molecule has 2 heterocycles. The molecule has 1 unspecified atom stereocenters. The summed E-state index contributed by atoms with van der Waals surface area (Å²) >= 11 is 0. The number of aliphatic imine (C=N–C) groups is 1. The van der Waals surface area contributed by atoms with E-state index >= 15 is 0 Å². The quantitative estimate of drug-likeness (QED) is 0.891. The molecular weight excluding hydrogens is 238 g/mol. The predicted molar refractivity (Wildman–Crippen MR) is 76.9 cm³/mol. The van der Waals surface area contributed by atoms with Crippen molar-refractivity contribution in [1.29, 1.82) is 0 Å². The molecule has 0 radical (unpaired) electrons. The molecule has 2 N–H and O–H groups in total. The van der Waals surface area contributed by atoms with Gasteiger partial charge in [-0.05, 0) is 18.2 Å². The first-order valence-corrected chi connectivity index (χ1v) is 6.42. The van der Waals surface area contributed by atoms with E-state index < -0.39 is 0 Å². The van der Waals surface area contributed by atoms with E-state index in [0.29, 0.717) is 13.1 Å². The van der Waals surface area contributed by atoms with Crippen molar-refractivity contribution < 1.29 is 4.42 Å². The van der Waals surface area contributed by atoms with Gasteiger partial charge in [0.15, 0.2) is 5.76 Å². The van der Waals surface area contributed by atoms with Crippen molar-refractivity contribution in [3.8, 4) is 0 Å². The lowest BCUT2D eigenvalue weighted by molar-refractivity contribution is 0.557. The zero-order chi connectivity index (χ0) is 13.2. The van der Waals surface area contributed by atoms with Gasteiger partial charge in [-0.25, -0.2) is 0 Å². The second-order valence-corrected chi connectivity index (χ2v) is 4.68. The Hall–Kier alpha value is -2.07. The highest BCUT2D eigenvalue weighted by atomic mass is 16.3. The van der Waals surface area contributed by atoms with Crippen LogP contribution in [0.4, 0.5) is 5.69 Å². The molecule has 0 amide bonds. The third-order valence-corrected chi connectivity index (χ3v) is 3.57. The first-order valence-electron chi connectivity index (χ1n) is 6.42. The fourth-order valence-corrected chi connectivity index (χ4v) is 2.44. The second-order valence-electron chi connectivity index (χ2n) is 4.68. The average Bonchev–Trinajstić information content (AvgIpc) is 2.93. The van der Waals surface area contributed by atoms with Crippen molar-refractivity contribution in [1.82, 2.24) is 0 Å². The topological polar surface area (TPSA) is 54.8 Å². The van der Waals surface area contributed by atoms with E-state index in [2.05, 4.69) is 24.1 Å². The van der Waals surface area contributed by atoms with E-state index in [1.165, 1.54) is 0 Å². The van der Waals surface area contributed by atoms with Crippen LogP contribution in [-0.4, -0.2) is 31.9 Å². The molecule has 0 aliphatic carbocycles. The Morgan fingerprint density at radius 1 is 1.32 bits per heavy atom. The van der Waals surface area contributed by atoms with Crippen molar-refractivity contribution in [3.63, 3.8) is 0 Å². The molecular formula is C15H17N3O. The molecule has 0 saturated carbocycles. The van der Waals surface area contributed by atoms with E-state index in [9.17, 15) is 0 Å². The summed E-state index contributed by atoms with van der Waals surface area (Å²) in [4.78, 5) is 6.91. The molecule has 0 spiro atoms. The summed E-state index contributed by atoms with van der Waals surface area (Å²) in [6.45, 7) is 1.26. The molecule has 0 fully saturated rings. The van der Waals surface area contributed by atoms with Crippen molar-refractivity contribution in [2.75, 3.05) is 25.0 Å². The van der Waals surface area contributed by atoms with Crippen LogP contribution in [0.5, 0.6) is 0 Å². The van der Waals surface area contributed by atoms with Crippen LogP contribution in [0.2, 0.25) is 0 Å². The lowest BCUT2D eigenvalue weighted by Gasteiger charge is -2.27. The van der Waals surface area contributed by atoms with Crippen LogP contribution in [0.15, 0.2) is 52.1 Å². The van der Waals surface area contributed by atoms with Gasteiger partial charge in [-0.15, -0.1) is 0 Å². The van der Waals surface area contributed by atoms with E-state index in [0.717, 1.165) is 22.7 Å². The third-order valence-electron chi connectivity index (χ3n) is 3.57. The monoisotopic (exact) mass is 255 g/mol. The highest BCUT2D eigenvalue weighted by molar-refractivity contribution is 6.14. The molecule has 4 nitrogen and oxygen atoms in total. The third kappa shape index (κ3) is 2.04. The molecule has 1 atom stereocenters. The summed E-state index contributed by atoms with van der Waals surface area (Å²) in [5.74, 6) is 0.804. The molecule has 0 saturated heterocycles. The molecule has 4 heteroatoms. The number of furan rings is 1. The van der Waals surface area contributed by atoms with Crippen molar-refractivity contribution >= 4 is 11.4 Å². The summed E-state index contributed by atoms with van der Waals surface area (Å²) in [6, 6.07) is 12.3. The Morgan fingerprint density at radius 2 is 2.16 bits per heavy atom. The maximum Gasteiger partial charge on any atom is 0.152 e. The minimum atomic E-state index is 0.216. The standard InChI is InChI=1S/C15H17N3O/c1-18-11(9-16)10-17-15(14-7-4-8-19-14)12-5-2-3-6-13(12)18/h2-8,11H,9-10,16H2,1H3. The van der Waals surface area contributed by atoms with Gasteiger partial charge < -0.3 is 15.1 Å². The summed E-state index contributed by atoms with van der Waals surface area (Å²) < 4.78 is 5.51. The Labute approximate surface area is 112 Å². The number of benzodiazepines with no additional fused rings is 1. The van der Waals surface area contributed by atoms with E-state index in [4.69, 9.17) is 15.1 Å². The summed E-state index contributed by atoms with van der Waals surface area (Å²) in [7, 11) is 2.07. The molecule has 0 bridgehead atoms. The van der Waals surface area contributed by atoms with Gasteiger partial charge in [-0.3, -0.25) is 4.99 Å². The Balaban J connectivity index is 2.15. The van der Waals surface area contributed by atoms with Gasteiger partial charge in [0.1, 0.15) is 5.71 Å². The van der Waals surface area contributed by atoms with Crippen molar-refractivity contribution in [2.45, 2.75) is 6.04 Å². The number of benzene rings is 1. The summed E-state index contributed by atoms with van der Waals surface area (Å²) in [5, 5.41) is 0. The first-order chi connectivity index (χ1) is 9.31. The largest absolute Gasteiger partial charge is 0.463 e. The molecule has 1 aliphatic rings. The van der Waals surface area contributed by atoms with Crippen LogP contribution in [0.25, 0.3) is 0 Å². The normalized spacial score (nSPS) is 18.7. The molecule has 98 valence electrons. The zero-order valence-corrected chi connectivity index (χ0v) is 10.9. The highest BCUT2D eigenvalue weighted by Crippen LogP contribution is 2.27. The van der Waals surface area contributed by atoms with Crippen LogP contribution in [0.1, 0.15) is 11.3 Å². The fraction of sp³-hybridized carbons (Fsp3) is 0.267. The maximum absolute atomic E-state index is 5.85. The van der Waals surface area contributed by atoms with E-state index in [1.807, 2.05) is 24.3 Å². The number of nitrogens with two attached hydrogens (primary N) is 1. The number of para-hydroxylation sites is 1. The van der Waals surface area contributed by atoms with Crippen LogP contribution in [0, 0.1) is 0 Å². The Bertz CT molecular complexity index is 589. The fourth-order valence-electron chi connectivity index (χ4n) is 2.44. The van der Waals surface area contributed by atoms with Crippen LogP contribution in [-0.2, 0) is 0 Å². The number of likely N-dealkylation sites (N-methyl/N-ethyl adjacent to an activating group) is 1. The van der Waals surface area contributed by atoms with Gasteiger partial charge in [0, 0.05) is 24.8 Å². The van der Waals surface area contributed by atoms with Gasteiger partial charge >= 0.3 is 0 Å². The van der Waals surface area contributed by atoms with Gasteiger partial charge in [0.05, 0.1) is 18.8 Å². The van der Waals surface area contributed by atoms with Gasteiger partial charge in [-0.1, -0.05) is 18.2 Å². The number of fused-ring (bicyclic) bond motifs is 1. The molecule has 1 aromatic heterocycles. The number of nitrogens with zero attached hydrogens (tertiary/aromatic N) is 2. The molecule has 19 heavy (non-hydrogen) atoms. The van der Waals surface area contributed by atoms with Crippen LogP contribution >= 0.6 is 0 Å². The number of anilines is 1. The van der Waals surface area contributed by atoms with Gasteiger partial charge in [-0.2, -0.15) is 0 Å². The lowest BCUT2D eigenvalue weighted by atomic mass is 10.1. The number of hydrogen-bond donors (Lipinski definition) is 1. The Morgan fingerprint density at radius 3 is 2.89 bits per heavy atom. The minimum absolute atomic E-state index is 0.216. The number of rotatable bonds is 2. The lowest BCUT2D eigenvalue weighted by Crippen LogP contribution is -2.39. The maximum atomic E-state index is 5.85. The minimum Gasteiger partial charge on any atom is -0.463 e. The molecule has 1 aliphatic heterocycles. The average molecular weight is 255 g/mol. The second kappa shape index (κ2) is 4.90. The number of hydrogen-bond acceptors (Lipinski definition) is 4. The van der Waals surface area contributed by atoms with Gasteiger partial charge in [0.25, 0.3) is 0 Å². The highest BCUT2D eigenvalue weighted by Gasteiger charge is 2.23. The first kappa shape index (κ1) is 12.0. The molecule has 3 rings (SSSR count).